The first-order valence-corrected chi connectivity index (χ1v) is 14.8. The van der Waals surface area contributed by atoms with Crippen molar-refractivity contribution in [3.05, 3.63) is 125 Å². The van der Waals surface area contributed by atoms with Gasteiger partial charge in [-0.05, 0) is 61.4 Å². The molecule has 2 fully saturated rings. The molecule has 0 bridgehead atoms. The first-order chi connectivity index (χ1) is 21.7. The molecule has 0 atom stereocenters. The van der Waals surface area contributed by atoms with Crippen molar-refractivity contribution in [1.82, 2.24) is 19.6 Å². The van der Waals surface area contributed by atoms with Crippen LogP contribution in [0.3, 0.4) is 0 Å². The number of aryl methyl sites for hydroxylation is 2. The Morgan fingerprint density at radius 2 is 1.13 bits per heavy atom. The number of amides is 4. The summed E-state index contributed by atoms with van der Waals surface area (Å²) in [5.74, 6) is 2.65. The van der Waals surface area contributed by atoms with Crippen LogP contribution in [0.25, 0.3) is 0 Å². The molecule has 2 aliphatic heterocycles. The summed E-state index contributed by atoms with van der Waals surface area (Å²) in [7, 11) is 3.51. The molecule has 9 heteroatoms. The number of hydrogen-bond donors (Lipinski definition) is 1. The maximum Gasteiger partial charge on any atom is 0.325 e. The molecule has 4 aromatic carbocycles. The fourth-order valence-electron chi connectivity index (χ4n) is 4.91. The van der Waals surface area contributed by atoms with E-state index < -0.39 is 0 Å². The monoisotopic (exact) mass is 602 g/mol. The molecule has 0 aliphatic carbocycles. The third kappa shape index (κ3) is 7.94. The Hall–Kier alpha value is -5.44. The number of rotatable bonds is 7. The van der Waals surface area contributed by atoms with Crippen LogP contribution in [-0.4, -0.2) is 70.5 Å². The second kappa shape index (κ2) is 13.9. The van der Waals surface area contributed by atoms with Crippen LogP contribution in [-0.2, 0) is 13.1 Å². The molecule has 6 rings (SSSR count). The molecule has 0 unspecified atom stereocenters. The molecule has 2 aliphatic rings. The molecule has 230 valence electrons. The zero-order valence-electron chi connectivity index (χ0n) is 26.1. The number of para-hydroxylation sites is 1. The lowest BCUT2D eigenvalue weighted by Gasteiger charge is -2.16. The van der Waals surface area contributed by atoms with E-state index in [0.717, 1.165) is 34.1 Å². The summed E-state index contributed by atoms with van der Waals surface area (Å²) in [4.78, 5) is 35.5. The molecule has 2 saturated heterocycles. The molecule has 9 nitrogen and oxygen atoms in total. The van der Waals surface area contributed by atoms with Gasteiger partial charge in [0.1, 0.15) is 23.2 Å². The van der Waals surface area contributed by atoms with Crippen molar-refractivity contribution in [3.63, 3.8) is 0 Å². The van der Waals surface area contributed by atoms with Crippen molar-refractivity contribution >= 4 is 29.4 Å². The number of carbonyl (C=O) groups is 2. The molecule has 0 saturated carbocycles. The molecule has 4 aromatic rings. The minimum absolute atomic E-state index is 0.0339. The lowest BCUT2D eigenvalue weighted by Crippen LogP contribution is -2.31. The summed E-state index contributed by atoms with van der Waals surface area (Å²) in [6.07, 6.45) is 0. The van der Waals surface area contributed by atoms with Gasteiger partial charge in [0.05, 0.1) is 31.9 Å². The van der Waals surface area contributed by atoms with Crippen LogP contribution in [0.15, 0.2) is 108 Å². The van der Waals surface area contributed by atoms with E-state index in [9.17, 15) is 9.59 Å². The largest absolute Gasteiger partial charge is 0.457 e. The van der Waals surface area contributed by atoms with Gasteiger partial charge in [-0.3, -0.25) is 15.2 Å². The topological polar surface area (TPSA) is 92.5 Å². The van der Waals surface area contributed by atoms with E-state index in [1.165, 1.54) is 16.0 Å². The van der Waals surface area contributed by atoms with Crippen molar-refractivity contribution in [2.45, 2.75) is 26.9 Å². The number of amidine groups is 2. The molecule has 0 radical (unpaired) electrons. The predicted molar refractivity (Wildman–Crippen MR) is 177 cm³/mol. The lowest BCUT2D eigenvalue weighted by atomic mass is 10.1. The third-order valence-corrected chi connectivity index (χ3v) is 7.51. The normalized spacial score (nSPS) is 15.6. The highest BCUT2D eigenvalue weighted by Gasteiger charge is 2.32. The smallest absolute Gasteiger partial charge is 0.325 e. The summed E-state index contributed by atoms with van der Waals surface area (Å²) in [6, 6.07) is 33.3. The Bertz CT molecular complexity index is 1670. The number of hydrogen-bond acceptors (Lipinski definition) is 5. The van der Waals surface area contributed by atoms with E-state index in [0.29, 0.717) is 32.0 Å². The van der Waals surface area contributed by atoms with Crippen molar-refractivity contribution in [1.29, 1.82) is 5.41 Å². The Kier molecular flexibility index (Phi) is 9.57. The molecule has 1 N–H and O–H groups in total. The van der Waals surface area contributed by atoms with Gasteiger partial charge in [0.2, 0.25) is 0 Å². The number of ether oxygens (including phenoxy) is 1. The maximum absolute atomic E-state index is 12.6. The molecular weight excluding hydrogens is 564 g/mol. The molecule has 0 spiro atoms. The number of urea groups is 2. The minimum Gasteiger partial charge on any atom is -0.457 e. The first kappa shape index (κ1) is 31.0. The van der Waals surface area contributed by atoms with Crippen LogP contribution in [0.5, 0.6) is 11.5 Å². The fourth-order valence-corrected chi connectivity index (χ4v) is 4.91. The van der Waals surface area contributed by atoms with Gasteiger partial charge >= 0.3 is 12.1 Å². The number of carbonyl (C=O) groups excluding carboxylic acids is 2. The maximum atomic E-state index is 12.6. The number of aliphatic imine (C=N–C) groups is 1. The second-order valence-electron chi connectivity index (χ2n) is 11.3. The van der Waals surface area contributed by atoms with Crippen molar-refractivity contribution in [3.8, 4) is 11.5 Å². The molecule has 0 aromatic heterocycles. The first-order valence-electron chi connectivity index (χ1n) is 14.8. The summed E-state index contributed by atoms with van der Waals surface area (Å²) in [5.41, 5.74) is 5.32. The number of nitrogens with one attached hydrogen (secondary N) is 1. The van der Waals surface area contributed by atoms with Crippen LogP contribution in [0.4, 0.5) is 15.3 Å². The molecule has 45 heavy (non-hydrogen) atoms. The average Bonchev–Trinajstić information content (AvgIpc) is 3.44. The zero-order valence-corrected chi connectivity index (χ0v) is 26.1. The van der Waals surface area contributed by atoms with Gasteiger partial charge in [-0.25, -0.2) is 14.6 Å². The van der Waals surface area contributed by atoms with Gasteiger partial charge in [-0.1, -0.05) is 77.9 Å². The second-order valence-corrected chi connectivity index (χ2v) is 11.3. The van der Waals surface area contributed by atoms with Crippen molar-refractivity contribution in [2.75, 3.05) is 27.2 Å². The summed E-state index contributed by atoms with van der Waals surface area (Å²) in [6.45, 7) is 5.98. The van der Waals surface area contributed by atoms with Gasteiger partial charge in [0.25, 0.3) is 0 Å². The number of likely N-dealkylation sites (N-methyl/N-ethyl adjacent to an activating group) is 2. The van der Waals surface area contributed by atoms with Gasteiger partial charge in [-0.2, -0.15) is 0 Å². The Labute approximate surface area is 264 Å². The highest BCUT2D eigenvalue weighted by Crippen LogP contribution is 2.25. The Morgan fingerprint density at radius 3 is 1.67 bits per heavy atom. The highest BCUT2D eigenvalue weighted by molar-refractivity contribution is 6.05. The van der Waals surface area contributed by atoms with E-state index in [2.05, 4.69) is 19.1 Å². The predicted octanol–water partition coefficient (Wildman–Crippen LogP) is 7.22. The van der Waals surface area contributed by atoms with E-state index >= 15 is 0 Å². The summed E-state index contributed by atoms with van der Waals surface area (Å²) in [5, 5.41) is 7.72. The Balaban J connectivity index is 0.000000211. The molecule has 2 heterocycles. The third-order valence-electron chi connectivity index (χ3n) is 7.51. The number of benzene rings is 4. The SMILES string of the molecule is Cc1ccc(CN2C(=N)CN(C)C2=O)cc1.Cc1ccc(CN2C(=O)N(C)CC2=Nc2ccc(Oc3ccccc3)cc2)cc1. The molecule has 4 amide bonds. The van der Waals surface area contributed by atoms with Crippen LogP contribution in [0.2, 0.25) is 0 Å². The van der Waals surface area contributed by atoms with Crippen molar-refractivity contribution in [2.24, 2.45) is 4.99 Å². The van der Waals surface area contributed by atoms with Crippen LogP contribution in [0, 0.1) is 19.3 Å². The van der Waals surface area contributed by atoms with Gasteiger partial charge < -0.3 is 14.5 Å². The average molecular weight is 603 g/mol. The van der Waals surface area contributed by atoms with Crippen LogP contribution in [0.1, 0.15) is 22.3 Å². The van der Waals surface area contributed by atoms with E-state index in [4.69, 9.17) is 15.1 Å². The van der Waals surface area contributed by atoms with Crippen molar-refractivity contribution < 1.29 is 14.3 Å². The lowest BCUT2D eigenvalue weighted by molar-refractivity contribution is 0.202. The van der Waals surface area contributed by atoms with E-state index in [-0.39, 0.29) is 12.1 Å². The zero-order chi connectivity index (χ0) is 31.9. The van der Waals surface area contributed by atoms with E-state index in [1.54, 1.807) is 28.8 Å². The summed E-state index contributed by atoms with van der Waals surface area (Å²) >= 11 is 0. The standard InChI is InChI=1S/C24H23N3O2.C12H15N3O/c1-18-8-10-19(11-9-18)16-27-23(17-26(2)24(27)28)25-20-12-14-22(15-13-20)29-21-6-4-3-5-7-21;1-9-3-5-10(6-4-9)7-15-11(13)8-14(2)12(15)16/h3-15H,16-17H2,1-2H3;3-6,13H,7-8H2,1-2H3. The highest BCUT2D eigenvalue weighted by atomic mass is 16.5. The van der Waals surface area contributed by atoms with Gasteiger partial charge in [0.15, 0.2) is 0 Å². The van der Waals surface area contributed by atoms with E-state index in [1.807, 2.05) is 97.9 Å². The number of nitrogens with zero attached hydrogens (tertiary/aromatic N) is 5. The van der Waals surface area contributed by atoms with Crippen LogP contribution < -0.4 is 4.74 Å². The van der Waals surface area contributed by atoms with Gasteiger partial charge in [0, 0.05) is 14.1 Å². The summed E-state index contributed by atoms with van der Waals surface area (Å²) < 4.78 is 5.83. The molecular formula is C36H38N6O3. The fraction of sp³-hybridized carbons (Fsp3) is 0.222. The Morgan fingerprint density at radius 1 is 0.644 bits per heavy atom. The van der Waals surface area contributed by atoms with Crippen LogP contribution >= 0.6 is 0 Å². The quantitative estimate of drug-likeness (QED) is 0.242. The van der Waals surface area contributed by atoms with Gasteiger partial charge in [-0.15, -0.1) is 0 Å². The minimum atomic E-state index is -0.0921.